The maximum Gasteiger partial charge on any atom is 0.336 e. The molecule has 1 aromatic heterocycles. The lowest BCUT2D eigenvalue weighted by molar-refractivity contribution is -0.277. The van der Waals surface area contributed by atoms with Gasteiger partial charge in [0.25, 0.3) is 0 Å². The van der Waals surface area contributed by atoms with Gasteiger partial charge in [0, 0.05) is 17.5 Å². The Morgan fingerprint density at radius 1 is 1.07 bits per heavy atom. The molecule has 0 aliphatic carbocycles. The topological polar surface area (TPSA) is 187 Å². The Hall–Kier alpha value is -1.82. The van der Waals surface area contributed by atoms with Crippen molar-refractivity contribution in [1.82, 2.24) is 0 Å². The molecule has 1 fully saturated rings. The van der Waals surface area contributed by atoms with Gasteiger partial charge in [-0.3, -0.25) is 4.57 Å². The van der Waals surface area contributed by atoms with E-state index in [9.17, 15) is 29.8 Å². The molecule has 12 heteroatoms. The van der Waals surface area contributed by atoms with Gasteiger partial charge < -0.3 is 44.1 Å². The van der Waals surface area contributed by atoms with E-state index < -0.39 is 56.7 Å². The average Bonchev–Trinajstić information content (AvgIpc) is 2.60. The molecule has 5 atom stereocenters. The molecule has 6 N–H and O–H groups in total. The van der Waals surface area contributed by atoms with Gasteiger partial charge in [-0.2, -0.15) is 0 Å². The molecule has 1 saturated heterocycles. The molecule has 0 bridgehead atoms. The first-order valence-electron chi connectivity index (χ1n) is 8.17. The van der Waals surface area contributed by atoms with Crippen molar-refractivity contribution in [2.75, 3.05) is 6.61 Å². The second kappa shape index (κ2) is 7.90. The van der Waals surface area contributed by atoms with Crippen LogP contribution in [0.1, 0.15) is 5.56 Å². The largest absolute Gasteiger partial charge is 0.462 e. The summed E-state index contributed by atoms with van der Waals surface area (Å²) in [5.41, 5.74) is -0.738. The van der Waals surface area contributed by atoms with E-state index in [0.717, 1.165) is 6.07 Å². The standard InChI is InChI=1S/C16H19O11P/c17-5-11-13(19)14(20)15(21)16(27-11)25-8-1-2-9-7(6-28(22,23)24)3-12(18)26-10(9)4-8/h1-4,11,13-17,19-21H,5-6H2,(H2,22,23,24)/t11-,13+,14+,15-,16-/m1/s1. The van der Waals surface area contributed by atoms with Gasteiger partial charge in [0.1, 0.15) is 35.7 Å². The van der Waals surface area contributed by atoms with Crippen LogP contribution in [0, 0.1) is 0 Å². The monoisotopic (exact) mass is 418 g/mol. The zero-order valence-electron chi connectivity index (χ0n) is 14.3. The first kappa shape index (κ1) is 20.9. The maximum atomic E-state index is 11.7. The van der Waals surface area contributed by atoms with Crippen LogP contribution in [0.25, 0.3) is 11.0 Å². The highest BCUT2D eigenvalue weighted by molar-refractivity contribution is 7.50. The molecule has 0 unspecified atom stereocenters. The van der Waals surface area contributed by atoms with E-state index in [0.29, 0.717) is 0 Å². The van der Waals surface area contributed by atoms with Crippen LogP contribution in [0.3, 0.4) is 0 Å². The summed E-state index contributed by atoms with van der Waals surface area (Å²) >= 11 is 0. The average molecular weight is 418 g/mol. The number of ether oxygens (including phenoxy) is 2. The van der Waals surface area contributed by atoms with E-state index in [1.807, 2.05) is 0 Å². The minimum absolute atomic E-state index is 0.0157. The van der Waals surface area contributed by atoms with Crippen molar-refractivity contribution in [3.63, 3.8) is 0 Å². The lowest BCUT2D eigenvalue weighted by Gasteiger charge is -2.39. The van der Waals surface area contributed by atoms with Crippen LogP contribution in [-0.4, -0.2) is 67.5 Å². The summed E-state index contributed by atoms with van der Waals surface area (Å²) in [5.74, 6) is 0.0494. The Morgan fingerprint density at radius 2 is 1.79 bits per heavy atom. The van der Waals surface area contributed by atoms with Crippen LogP contribution in [0.5, 0.6) is 5.75 Å². The number of aliphatic hydroxyl groups is 4. The summed E-state index contributed by atoms with van der Waals surface area (Å²) < 4.78 is 27.0. The third-order valence-corrected chi connectivity index (χ3v) is 5.03. The van der Waals surface area contributed by atoms with E-state index in [4.69, 9.17) is 23.7 Å². The minimum atomic E-state index is -4.42. The third-order valence-electron chi connectivity index (χ3n) is 4.28. The van der Waals surface area contributed by atoms with Crippen molar-refractivity contribution >= 4 is 18.6 Å². The van der Waals surface area contributed by atoms with Gasteiger partial charge in [0.2, 0.25) is 6.29 Å². The van der Waals surface area contributed by atoms with Crippen LogP contribution in [0.15, 0.2) is 33.5 Å². The normalized spacial score (nSPS) is 28.4. The van der Waals surface area contributed by atoms with Gasteiger partial charge in [0.15, 0.2) is 0 Å². The molecule has 154 valence electrons. The Balaban J connectivity index is 1.90. The lowest BCUT2D eigenvalue weighted by Crippen LogP contribution is -2.60. The molecular weight excluding hydrogens is 399 g/mol. The summed E-state index contributed by atoms with van der Waals surface area (Å²) in [6.45, 7) is -0.622. The fourth-order valence-corrected chi connectivity index (χ4v) is 3.64. The molecule has 1 aliphatic heterocycles. The first-order chi connectivity index (χ1) is 13.1. The minimum Gasteiger partial charge on any atom is -0.462 e. The molecule has 2 heterocycles. The second-order valence-electron chi connectivity index (χ2n) is 6.39. The lowest BCUT2D eigenvalue weighted by atomic mass is 9.99. The quantitative estimate of drug-likeness (QED) is 0.249. The third kappa shape index (κ3) is 4.43. The van der Waals surface area contributed by atoms with Crippen LogP contribution < -0.4 is 10.4 Å². The molecule has 11 nitrogen and oxygen atoms in total. The first-order valence-corrected chi connectivity index (χ1v) is 9.97. The van der Waals surface area contributed by atoms with Gasteiger partial charge in [-0.15, -0.1) is 0 Å². The SMILES string of the molecule is O=c1cc(CP(=O)(O)O)c2ccc(O[C@@H]3O[C@H](CO)[C@H](O)[C@H](O)[C@H]3O)cc2o1. The molecule has 3 rings (SSSR count). The van der Waals surface area contributed by atoms with Gasteiger partial charge in [-0.1, -0.05) is 0 Å². The molecule has 0 amide bonds. The number of benzene rings is 1. The fourth-order valence-electron chi connectivity index (χ4n) is 2.94. The Bertz CT molecular complexity index is 949. The number of rotatable bonds is 5. The van der Waals surface area contributed by atoms with Crippen molar-refractivity contribution in [2.45, 2.75) is 36.9 Å². The van der Waals surface area contributed by atoms with Crippen LogP contribution in [-0.2, 0) is 15.5 Å². The van der Waals surface area contributed by atoms with Crippen molar-refractivity contribution < 1.29 is 48.7 Å². The van der Waals surface area contributed by atoms with Crippen molar-refractivity contribution in [3.05, 3.63) is 40.2 Å². The van der Waals surface area contributed by atoms with Crippen LogP contribution in [0.2, 0.25) is 0 Å². The Morgan fingerprint density at radius 3 is 2.43 bits per heavy atom. The molecule has 2 aromatic rings. The number of hydrogen-bond acceptors (Lipinski definition) is 9. The molecule has 1 aliphatic rings. The fraction of sp³-hybridized carbons (Fsp3) is 0.438. The van der Waals surface area contributed by atoms with E-state index in [1.54, 1.807) is 0 Å². The van der Waals surface area contributed by atoms with E-state index in [-0.39, 0.29) is 22.3 Å². The highest BCUT2D eigenvalue weighted by atomic mass is 31.2. The van der Waals surface area contributed by atoms with Crippen LogP contribution in [0.4, 0.5) is 0 Å². The second-order valence-corrected chi connectivity index (χ2v) is 8.03. The van der Waals surface area contributed by atoms with Crippen molar-refractivity contribution in [2.24, 2.45) is 0 Å². The van der Waals surface area contributed by atoms with E-state index >= 15 is 0 Å². The van der Waals surface area contributed by atoms with Gasteiger partial charge in [-0.05, 0) is 17.7 Å². The summed E-state index contributed by atoms with van der Waals surface area (Å²) in [4.78, 5) is 30.0. The molecule has 28 heavy (non-hydrogen) atoms. The Kier molecular flexibility index (Phi) is 5.89. The number of fused-ring (bicyclic) bond motifs is 1. The zero-order valence-corrected chi connectivity index (χ0v) is 15.2. The molecule has 1 aromatic carbocycles. The Labute approximate surface area is 157 Å². The highest BCUT2D eigenvalue weighted by Crippen LogP contribution is 2.40. The van der Waals surface area contributed by atoms with Gasteiger partial charge >= 0.3 is 13.2 Å². The smallest absolute Gasteiger partial charge is 0.336 e. The summed E-state index contributed by atoms with van der Waals surface area (Å²) in [7, 11) is -4.42. The van der Waals surface area contributed by atoms with Crippen molar-refractivity contribution in [3.8, 4) is 5.75 Å². The summed E-state index contributed by atoms with van der Waals surface area (Å²) in [5, 5.41) is 39.1. The predicted octanol–water partition coefficient (Wildman–Crippen LogP) is -1.35. The van der Waals surface area contributed by atoms with Gasteiger partial charge in [0.05, 0.1) is 12.8 Å². The van der Waals surface area contributed by atoms with Crippen LogP contribution >= 0.6 is 7.60 Å². The van der Waals surface area contributed by atoms with E-state index in [1.165, 1.54) is 18.2 Å². The predicted molar refractivity (Wildman–Crippen MR) is 92.6 cm³/mol. The summed E-state index contributed by atoms with van der Waals surface area (Å²) in [6, 6.07) is 5.02. The molecule has 0 saturated carbocycles. The number of aliphatic hydroxyl groups excluding tert-OH is 4. The zero-order chi connectivity index (χ0) is 20.6. The molecule has 0 spiro atoms. The van der Waals surface area contributed by atoms with E-state index in [2.05, 4.69) is 0 Å². The molecule has 0 radical (unpaired) electrons. The summed E-state index contributed by atoms with van der Waals surface area (Å²) in [6.07, 6.45) is -8.02. The maximum absolute atomic E-state index is 11.7. The number of hydrogen-bond donors (Lipinski definition) is 6. The highest BCUT2D eigenvalue weighted by Gasteiger charge is 2.44. The van der Waals surface area contributed by atoms with Crippen molar-refractivity contribution in [1.29, 1.82) is 0 Å². The molecular formula is C16H19O11P. The van der Waals surface area contributed by atoms with Gasteiger partial charge in [-0.25, -0.2) is 4.79 Å².